The molecule has 0 aliphatic rings. The summed E-state index contributed by atoms with van der Waals surface area (Å²) in [5.41, 5.74) is 4.21. The van der Waals surface area contributed by atoms with Crippen molar-refractivity contribution in [1.29, 1.82) is 0 Å². The van der Waals surface area contributed by atoms with Crippen molar-refractivity contribution in [3.05, 3.63) is 66.7 Å². The first-order chi connectivity index (χ1) is 11.7. The van der Waals surface area contributed by atoms with E-state index in [1.807, 2.05) is 56.7 Å². The SMILES string of the molecule is CN(C)c1ccccc1-c1cc(NCCc2ccccn2)ncn1. The van der Waals surface area contributed by atoms with E-state index in [1.54, 1.807) is 6.33 Å². The first-order valence-corrected chi connectivity index (χ1v) is 7.96. The van der Waals surface area contributed by atoms with E-state index < -0.39 is 0 Å². The van der Waals surface area contributed by atoms with Gasteiger partial charge in [-0.2, -0.15) is 0 Å². The van der Waals surface area contributed by atoms with E-state index in [-0.39, 0.29) is 0 Å². The molecule has 1 aromatic carbocycles. The van der Waals surface area contributed by atoms with E-state index in [0.717, 1.165) is 41.4 Å². The number of nitrogens with one attached hydrogen (secondary N) is 1. The normalized spacial score (nSPS) is 10.4. The molecule has 122 valence electrons. The van der Waals surface area contributed by atoms with Crippen molar-refractivity contribution in [3.63, 3.8) is 0 Å². The van der Waals surface area contributed by atoms with Crippen molar-refractivity contribution in [2.24, 2.45) is 0 Å². The number of hydrogen-bond donors (Lipinski definition) is 1. The van der Waals surface area contributed by atoms with Gasteiger partial charge in [0.25, 0.3) is 0 Å². The van der Waals surface area contributed by atoms with Crippen LogP contribution in [0.25, 0.3) is 11.3 Å². The summed E-state index contributed by atoms with van der Waals surface area (Å²) in [6.45, 7) is 0.781. The Labute approximate surface area is 142 Å². The molecule has 0 amide bonds. The number of pyridine rings is 1. The molecule has 0 spiro atoms. The molecule has 3 rings (SSSR count). The van der Waals surface area contributed by atoms with Crippen LogP contribution in [0.3, 0.4) is 0 Å². The van der Waals surface area contributed by atoms with Crippen LogP contribution in [-0.2, 0) is 6.42 Å². The molecule has 0 saturated heterocycles. The molecular weight excluding hydrogens is 298 g/mol. The van der Waals surface area contributed by atoms with Gasteiger partial charge in [-0.15, -0.1) is 0 Å². The quantitative estimate of drug-likeness (QED) is 0.756. The van der Waals surface area contributed by atoms with Crippen LogP contribution in [0.1, 0.15) is 5.69 Å². The molecule has 0 fully saturated rings. The smallest absolute Gasteiger partial charge is 0.129 e. The molecule has 0 bridgehead atoms. The summed E-state index contributed by atoms with van der Waals surface area (Å²) in [5.74, 6) is 0.824. The van der Waals surface area contributed by atoms with Crippen LogP contribution in [0.2, 0.25) is 0 Å². The molecule has 2 aromatic heterocycles. The number of anilines is 2. The van der Waals surface area contributed by atoms with Gasteiger partial charge in [-0.3, -0.25) is 4.98 Å². The highest BCUT2D eigenvalue weighted by Crippen LogP contribution is 2.28. The van der Waals surface area contributed by atoms with Crippen LogP contribution in [0.5, 0.6) is 0 Å². The van der Waals surface area contributed by atoms with Crippen LogP contribution >= 0.6 is 0 Å². The molecule has 3 aromatic rings. The van der Waals surface area contributed by atoms with Gasteiger partial charge in [0, 0.05) is 56.3 Å². The number of rotatable bonds is 6. The monoisotopic (exact) mass is 319 g/mol. The van der Waals surface area contributed by atoms with Crippen LogP contribution < -0.4 is 10.2 Å². The summed E-state index contributed by atoms with van der Waals surface area (Å²) in [6.07, 6.45) is 4.27. The predicted molar refractivity (Wildman–Crippen MR) is 98.2 cm³/mol. The maximum Gasteiger partial charge on any atom is 0.129 e. The Hall–Kier alpha value is -2.95. The Morgan fingerprint density at radius 3 is 2.58 bits per heavy atom. The zero-order valence-corrected chi connectivity index (χ0v) is 14.0. The molecule has 0 radical (unpaired) electrons. The van der Waals surface area contributed by atoms with Crippen molar-refractivity contribution in [3.8, 4) is 11.3 Å². The number of para-hydroxylation sites is 1. The summed E-state index contributed by atoms with van der Waals surface area (Å²) in [6, 6.07) is 16.2. The molecule has 0 aliphatic heterocycles. The van der Waals surface area contributed by atoms with Crippen molar-refractivity contribution in [2.75, 3.05) is 30.9 Å². The van der Waals surface area contributed by atoms with Gasteiger partial charge in [0.05, 0.1) is 5.69 Å². The molecule has 5 heteroatoms. The summed E-state index contributed by atoms with van der Waals surface area (Å²) < 4.78 is 0. The fourth-order valence-electron chi connectivity index (χ4n) is 2.55. The molecule has 0 atom stereocenters. The minimum absolute atomic E-state index is 0.781. The Bertz CT molecular complexity index is 787. The summed E-state index contributed by atoms with van der Waals surface area (Å²) in [7, 11) is 4.07. The van der Waals surface area contributed by atoms with Crippen LogP contribution in [0.4, 0.5) is 11.5 Å². The Morgan fingerprint density at radius 2 is 1.79 bits per heavy atom. The highest BCUT2D eigenvalue weighted by Gasteiger charge is 2.08. The number of benzene rings is 1. The zero-order chi connectivity index (χ0) is 16.8. The summed E-state index contributed by atoms with van der Waals surface area (Å²) >= 11 is 0. The maximum atomic E-state index is 4.43. The van der Waals surface area contributed by atoms with E-state index in [0.29, 0.717) is 0 Å². The minimum atomic E-state index is 0.781. The van der Waals surface area contributed by atoms with Crippen LogP contribution in [0, 0.1) is 0 Å². The second-order valence-corrected chi connectivity index (χ2v) is 5.70. The molecule has 5 nitrogen and oxygen atoms in total. The van der Waals surface area contributed by atoms with E-state index in [9.17, 15) is 0 Å². The van der Waals surface area contributed by atoms with Crippen molar-refractivity contribution in [2.45, 2.75) is 6.42 Å². The average Bonchev–Trinajstić information content (AvgIpc) is 2.63. The maximum absolute atomic E-state index is 4.43. The lowest BCUT2D eigenvalue weighted by atomic mass is 10.1. The highest BCUT2D eigenvalue weighted by atomic mass is 15.1. The molecule has 1 N–H and O–H groups in total. The molecular formula is C19H21N5. The van der Waals surface area contributed by atoms with Gasteiger partial charge >= 0.3 is 0 Å². The number of hydrogen-bond acceptors (Lipinski definition) is 5. The van der Waals surface area contributed by atoms with Crippen molar-refractivity contribution < 1.29 is 0 Å². The van der Waals surface area contributed by atoms with E-state index >= 15 is 0 Å². The fourth-order valence-corrected chi connectivity index (χ4v) is 2.55. The number of nitrogens with zero attached hydrogens (tertiary/aromatic N) is 4. The van der Waals surface area contributed by atoms with Gasteiger partial charge in [0.1, 0.15) is 12.1 Å². The van der Waals surface area contributed by atoms with Crippen molar-refractivity contribution in [1.82, 2.24) is 15.0 Å². The molecule has 0 saturated carbocycles. The zero-order valence-electron chi connectivity index (χ0n) is 14.0. The largest absolute Gasteiger partial charge is 0.377 e. The first-order valence-electron chi connectivity index (χ1n) is 7.96. The predicted octanol–water partition coefficient (Wildman–Crippen LogP) is 3.26. The molecule has 0 aliphatic carbocycles. The van der Waals surface area contributed by atoms with Gasteiger partial charge in [0.15, 0.2) is 0 Å². The van der Waals surface area contributed by atoms with Crippen LogP contribution in [-0.4, -0.2) is 35.6 Å². The van der Waals surface area contributed by atoms with Gasteiger partial charge in [0.2, 0.25) is 0 Å². The first kappa shape index (κ1) is 15.9. The topological polar surface area (TPSA) is 53.9 Å². The highest BCUT2D eigenvalue weighted by molar-refractivity contribution is 5.77. The second kappa shape index (κ2) is 7.55. The Balaban J connectivity index is 1.73. The summed E-state index contributed by atoms with van der Waals surface area (Å²) in [4.78, 5) is 15.2. The molecule has 24 heavy (non-hydrogen) atoms. The lowest BCUT2D eigenvalue weighted by Gasteiger charge is -2.17. The summed E-state index contributed by atoms with van der Waals surface area (Å²) in [5, 5.41) is 3.35. The van der Waals surface area contributed by atoms with Gasteiger partial charge in [-0.05, 0) is 18.2 Å². The molecule has 0 unspecified atom stereocenters. The molecule has 2 heterocycles. The van der Waals surface area contributed by atoms with Crippen LogP contribution in [0.15, 0.2) is 61.1 Å². The minimum Gasteiger partial charge on any atom is -0.377 e. The van der Waals surface area contributed by atoms with Gasteiger partial charge in [-0.1, -0.05) is 24.3 Å². The fraction of sp³-hybridized carbons (Fsp3) is 0.211. The van der Waals surface area contributed by atoms with E-state index in [2.05, 4.69) is 37.3 Å². The van der Waals surface area contributed by atoms with Gasteiger partial charge in [-0.25, -0.2) is 9.97 Å². The van der Waals surface area contributed by atoms with Crippen molar-refractivity contribution >= 4 is 11.5 Å². The average molecular weight is 319 g/mol. The lowest BCUT2D eigenvalue weighted by Crippen LogP contribution is -2.10. The van der Waals surface area contributed by atoms with E-state index in [4.69, 9.17) is 0 Å². The second-order valence-electron chi connectivity index (χ2n) is 5.70. The third-order valence-corrected chi connectivity index (χ3v) is 3.74. The van der Waals surface area contributed by atoms with Gasteiger partial charge < -0.3 is 10.2 Å². The third-order valence-electron chi connectivity index (χ3n) is 3.74. The lowest BCUT2D eigenvalue weighted by molar-refractivity contribution is 0.951. The Kier molecular flexibility index (Phi) is 5.01. The van der Waals surface area contributed by atoms with E-state index in [1.165, 1.54) is 0 Å². The Morgan fingerprint density at radius 1 is 0.958 bits per heavy atom. The number of aromatic nitrogens is 3. The standard InChI is InChI=1S/C19H21N5/c1-24(2)18-9-4-3-8-16(18)17-13-19(23-14-22-17)21-12-10-15-7-5-6-11-20-15/h3-9,11,13-14H,10,12H2,1-2H3,(H,21,22,23). The third kappa shape index (κ3) is 3.87.